The van der Waals surface area contributed by atoms with E-state index in [1.54, 1.807) is 15.9 Å². The number of rotatable bonds is 4. The molecule has 3 aromatic heterocycles. The van der Waals surface area contributed by atoms with E-state index >= 15 is 0 Å². The van der Waals surface area contributed by atoms with E-state index in [0.717, 1.165) is 41.1 Å². The monoisotopic (exact) mass is 414 g/mol. The first-order chi connectivity index (χ1) is 13.6. The largest absolute Gasteiger partial charge is 0.348 e. The van der Waals surface area contributed by atoms with Crippen LogP contribution in [-0.2, 0) is 12.8 Å². The Balaban J connectivity index is 1.73. The number of nitrogens with one attached hydrogen (secondary N) is 1. The Morgan fingerprint density at radius 1 is 1.31 bits per heavy atom. The van der Waals surface area contributed by atoms with Crippen LogP contribution < -0.4 is 5.32 Å². The van der Waals surface area contributed by atoms with E-state index in [4.69, 9.17) is 4.98 Å². The molecule has 8 heteroatoms. The van der Waals surface area contributed by atoms with E-state index in [1.807, 2.05) is 25.9 Å². The normalized spacial score (nSPS) is 17.3. The van der Waals surface area contributed by atoms with E-state index in [2.05, 4.69) is 36.2 Å². The van der Waals surface area contributed by atoms with Gasteiger partial charge in [0.1, 0.15) is 10.7 Å². The van der Waals surface area contributed by atoms with Crippen LogP contribution in [0.25, 0.3) is 15.9 Å². The van der Waals surface area contributed by atoms with Gasteiger partial charge < -0.3 is 10.2 Å². The second-order valence-corrected chi connectivity index (χ2v) is 10.5. The number of thiophene rings is 1. The SMILES string of the molecule is Cc1nc2sc3c(c2c2nc(C(=O)NCCN(C)C)nn12)CC[C@@H](C(C)(C)C)C3. The van der Waals surface area contributed by atoms with Gasteiger partial charge in [0.2, 0.25) is 5.82 Å². The zero-order valence-electron chi connectivity index (χ0n) is 18.2. The van der Waals surface area contributed by atoms with Crippen molar-refractivity contribution in [2.24, 2.45) is 11.3 Å². The highest BCUT2D eigenvalue weighted by Crippen LogP contribution is 2.43. The number of likely N-dealkylation sites (N-methyl/N-ethyl adjacent to an activating group) is 1. The van der Waals surface area contributed by atoms with Gasteiger partial charge in [0.15, 0.2) is 5.65 Å². The summed E-state index contributed by atoms with van der Waals surface area (Å²) in [7, 11) is 3.95. The summed E-state index contributed by atoms with van der Waals surface area (Å²) < 4.78 is 1.73. The lowest BCUT2D eigenvalue weighted by molar-refractivity contribution is 0.0941. The van der Waals surface area contributed by atoms with Crippen LogP contribution in [0.2, 0.25) is 0 Å². The molecule has 0 fully saturated rings. The molecule has 1 amide bonds. The number of hydrogen-bond acceptors (Lipinski definition) is 6. The molecular formula is C21H30N6OS. The van der Waals surface area contributed by atoms with Gasteiger partial charge in [0.05, 0.1) is 5.39 Å². The first-order valence-corrected chi connectivity index (χ1v) is 11.1. The average molecular weight is 415 g/mol. The molecule has 0 saturated carbocycles. The summed E-state index contributed by atoms with van der Waals surface area (Å²) in [5, 5.41) is 8.45. The van der Waals surface area contributed by atoms with Gasteiger partial charge in [-0.05, 0) is 57.2 Å². The van der Waals surface area contributed by atoms with Gasteiger partial charge in [-0.1, -0.05) is 20.8 Å². The Morgan fingerprint density at radius 2 is 2.07 bits per heavy atom. The van der Waals surface area contributed by atoms with Gasteiger partial charge in [-0.25, -0.2) is 9.97 Å². The second kappa shape index (κ2) is 7.32. The standard InChI is InChI=1S/C21H30N6OS/c1-12-23-20-16(14-8-7-13(21(2,3)4)11-15(14)29-20)18-24-17(25-27(12)18)19(28)22-9-10-26(5)6/h13H,7-11H2,1-6H3,(H,22,28)/t13-/m1/s1. The number of nitrogens with zero attached hydrogens (tertiary/aromatic N) is 5. The molecule has 29 heavy (non-hydrogen) atoms. The average Bonchev–Trinajstić information content (AvgIpc) is 3.21. The van der Waals surface area contributed by atoms with Crippen LogP contribution in [0.3, 0.4) is 0 Å². The van der Waals surface area contributed by atoms with Crippen LogP contribution in [-0.4, -0.2) is 57.6 Å². The summed E-state index contributed by atoms with van der Waals surface area (Å²) in [5.74, 6) is 1.42. The topological polar surface area (TPSA) is 75.4 Å². The molecule has 0 radical (unpaired) electrons. The summed E-state index contributed by atoms with van der Waals surface area (Å²) in [5.41, 5.74) is 2.42. The molecule has 1 aliphatic rings. The third-order valence-electron chi connectivity index (χ3n) is 5.92. The lowest BCUT2D eigenvalue weighted by Gasteiger charge is -2.33. The predicted molar refractivity (Wildman–Crippen MR) is 117 cm³/mol. The van der Waals surface area contributed by atoms with Crippen molar-refractivity contribution in [2.75, 3.05) is 27.2 Å². The lowest BCUT2D eigenvalue weighted by atomic mass is 9.72. The maximum atomic E-state index is 12.5. The number of aromatic nitrogens is 4. The van der Waals surface area contributed by atoms with E-state index in [1.165, 1.54) is 16.9 Å². The van der Waals surface area contributed by atoms with Gasteiger partial charge in [-0.15, -0.1) is 16.4 Å². The molecule has 0 spiro atoms. The maximum absolute atomic E-state index is 12.5. The van der Waals surface area contributed by atoms with Crippen LogP contribution in [0.1, 0.15) is 54.1 Å². The van der Waals surface area contributed by atoms with Crippen molar-refractivity contribution in [1.82, 2.24) is 29.8 Å². The molecule has 0 unspecified atom stereocenters. The lowest BCUT2D eigenvalue weighted by Crippen LogP contribution is -2.32. The Kier molecular flexibility index (Phi) is 5.11. The van der Waals surface area contributed by atoms with Gasteiger partial charge in [0.25, 0.3) is 5.91 Å². The zero-order valence-corrected chi connectivity index (χ0v) is 19.0. The molecule has 0 saturated heterocycles. The fraction of sp³-hybridized carbons (Fsp3) is 0.619. The molecule has 3 heterocycles. The minimum atomic E-state index is -0.236. The summed E-state index contributed by atoms with van der Waals surface area (Å²) in [6.07, 6.45) is 3.31. The number of carbonyl (C=O) groups excluding carboxylic acids is 1. The first kappa shape index (κ1) is 20.2. The van der Waals surface area contributed by atoms with Crippen molar-refractivity contribution < 1.29 is 4.79 Å². The molecule has 3 aromatic rings. The van der Waals surface area contributed by atoms with Crippen LogP contribution in [0.15, 0.2) is 0 Å². The van der Waals surface area contributed by atoms with Crippen molar-refractivity contribution in [3.63, 3.8) is 0 Å². The van der Waals surface area contributed by atoms with Crippen molar-refractivity contribution >= 4 is 33.1 Å². The summed E-state index contributed by atoms with van der Waals surface area (Å²) in [4.78, 5) is 26.4. The van der Waals surface area contributed by atoms with Crippen molar-refractivity contribution in [1.29, 1.82) is 0 Å². The molecule has 1 N–H and O–H groups in total. The summed E-state index contributed by atoms with van der Waals surface area (Å²) in [6.45, 7) is 10.3. The number of amides is 1. The quantitative estimate of drug-likeness (QED) is 0.710. The highest BCUT2D eigenvalue weighted by molar-refractivity contribution is 7.19. The molecule has 4 rings (SSSR count). The molecule has 7 nitrogen and oxygen atoms in total. The number of carbonyl (C=O) groups is 1. The first-order valence-electron chi connectivity index (χ1n) is 10.3. The highest BCUT2D eigenvalue weighted by atomic mass is 32.1. The van der Waals surface area contributed by atoms with Crippen LogP contribution in [0.4, 0.5) is 0 Å². The molecule has 0 bridgehead atoms. The van der Waals surface area contributed by atoms with E-state index in [0.29, 0.717) is 17.9 Å². The fourth-order valence-corrected chi connectivity index (χ4v) is 5.42. The van der Waals surface area contributed by atoms with Crippen molar-refractivity contribution in [3.8, 4) is 0 Å². The molecule has 1 aliphatic carbocycles. The van der Waals surface area contributed by atoms with E-state index in [9.17, 15) is 4.79 Å². The number of aryl methyl sites for hydroxylation is 2. The Bertz CT molecular complexity index is 1070. The van der Waals surface area contributed by atoms with Gasteiger partial charge in [-0.2, -0.15) is 4.52 Å². The molecule has 1 atom stereocenters. The van der Waals surface area contributed by atoms with Crippen LogP contribution in [0.5, 0.6) is 0 Å². The highest BCUT2D eigenvalue weighted by Gasteiger charge is 2.32. The van der Waals surface area contributed by atoms with Gasteiger partial charge in [0, 0.05) is 18.0 Å². The zero-order chi connectivity index (χ0) is 20.9. The Labute approximate surface area is 175 Å². The van der Waals surface area contributed by atoms with Gasteiger partial charge in [-0.3, -0.25) is 4.79 Å². The summed E-state index contributed by atoms with van der Waals surface area (Å²) >= 11 is 1.79. The maximum Gasteiger partial charge on any atom is 0.291 e. The smallest absolute Gasteiger partial charge is 0.291 e. The summed E-state index contributed by atoms with van der Waals surface area (Å²) in [6, 6.07) is 0. The van der Waals surface area contributed by atoms with Crippen LogP contribution in [0, 0.1) is 18.3 Å². The minimum Gasteiger partial charge on any atom is -0.348 e. The predicted octanol–water partition coefficient (Wildman–Crippen LogP) is 3.09. The van der Waals surface area contributed by atoms with Crippen molar-refractivity contribution in [3.05, 3.63) is 22.1 Å². The Hall–Kier alpha value is -2.06. The molecular weight excluding hydrogens is 384 g/mol. The van der Waals surface area contributed by atoms with Gasteiger partial charge >= 0.3 is 0 Å². The second-order valence-electron chi connectivity index (χ2n) is 9.38. The van der Waals surface area contributed by atoms with E-state index < -0.39 is 0 Å². The van der Waals surface area contributed by atoms with Crippen LogP contribution >= 0.6 is 11.3 Å². The fourth-order valence-electron chi connectivity index (χ4n) is 4.08. The molecule has 156 valence electrons. The Morgan fingerprint density at radius 3 is 2.76 bits per heavy atom. The number of hydrogen-bond donors (Lipinski definition) is 1. The van der Waals surface area contributed by atoms with E-state index in [-0.39, 0.29) is 11.7 Å². The number of fused-ring (bicyclic) bond motifs is 5. The molecule has 0 aliphatic heterocycles. The third kappa shape index (κ3) is 3.75. The minimum absolute atomic E-state index is 0.212. The third-order valence-corrected chi connectivity index (χ3v) is 7.07. The van der Waals surface area contributed by atoms with Crippen molar-refractivity contribution in [2.45, 2.75) is 47.0 Å². The molecule has 0 aromatic carbocycles.